The number of carbonyl (C=O) groups excluding carboxylic acids is 2. The van der Waals surface area contributed by atoms with Crippen LogP contribution in [0.1, 0.15) is 78.7 Å². The van der Waals surface area contributed by atoms with Gasteiger partial charge >= 0.3 is 5.97 Å². The Morgan fingerprint density at radius 1 is 1.17 bits per heavy atom. The number of carbonyl (C=O) groups is 2. The van der Waals surface area contributed by atoms with Crippen LogP contribution in [0.2, 0.25) is 0 Å². The van der Waals surface area contributed by atoms with Gasteiger partial charge in [-0.25, -0.2) is 0 Å². The maximum absolute atomic E-state index is 13.5. The van der Waals surface area contributed by atoms with Crippen LogP contribution in [0.5, 0.6) is 0 Å². The van der Waals surface area contributed by atoms with E-state index in [9.17, 15) is 9.59 Å². The smallest absolute Gasteiger partial charge is 0.320 e. The summed E-state index contributed by atoms with van der Waals surface area (Å²) >= 11 is 0. The first-order valence-electron chi connectivity index (χ1n) is 11.6. The van der Waals surface area contributed by atoms with Gasteiger partial charge in [0.1, 0.15) is 11.5 Å². The molecule has 0 saturated heterocycles. The Bertz CT molecular complexity index is 779. The molecule has 3 nitrogen and oxygen atoms in total. The number of rotatable bonds is 5. The molecule has 2 saturated carbocycles. The van der Waals surface area contributed by atoms with Crippen molar-refractivity contribution in [2.24, 2.45) is 23.2 Å². The third kappa shape index (κ3) is 4.26. The first-order valence-corrected chi connectivity index (χ1v) is 11.6. The topological polar surface area (TPSA) is 43.4 Å². The van der Waals surface area contributed by atoms with Crippen LogP contribution in [0, 0.1) is 23.2 Å². The van der Waals surface area contributed by atoms with Gasteiger partial charge in [0, 0.05) is 12.3 Å². The summed E-state index contributed by atoms with van der Waals surface area (Å²) in [6.45, 7) is 10.5. The number of Topliss-reactive ketones (excluding diaryl/α,β-unsaturated/α-hetero) is 1. The van der Waals surface area contributed by atoms with Crippen LogP contribution in [-0.4, -0.2) is 17.9 Å². The Labute approximate surface area is 182 Å². The van der Waals surface area contributed by atoms with Crippen molar-refractivity contribution in [3.8, 4) is 0 Å². The molecule has 2 aliphatic rings. The van der Waals surface area contributed by atoms with Gasteiger partial charge in [0.05, 0.1) is 0 Å². The highest BCUT2D eigenvalue weighted by Gasteiger charge is 2.51. The molecule has 0 unspecified atom stereocenters. The summed E-state index contributed by atoms with van der Waals surface area (Å²) < 4.78 is 6.28. The fraction of sp³-hybridized carbons (Fsp3) is 0.630. The first kappa shape index (κ1) is 22.8. The standard InChI is InChI=1S/C27H38O3/c1-6-11-21-14-10-15-24(28)27(21,5)25(29)30-23-18-19(2)16-17-22(23)26(3,4)20-12-8-7-9-13-20/h6-9,11-13,19,21-23H,10,14-18H2,1-5H3/b11-6+/t19-,21+,22-,23-,27-/m1/s1. The van der Waals surface area contributed by atoms with Crippen LogP contribution in [0.15, 0.2) is 42.5 Å². The molecule has 2 aliphatic carbocycles. The third-order valence-electron chi connectivity index (χ3n) is 7.85. The minimum Gasteiger partial charge on any atom is -0.461 e. The van der Waals surface area contributed by atoms with Crippen LogP contribution in [0.3, 0.4) is 0 Å². The zero-order chi connectivity index (χ0) is 21.9. The molecule has 0 N–H and O–H groups in total. The molecule has 0 radical (unpaired) electrons. The van der Waals surface area contributed by atoms with Crippen molar-refractivity contribution >= 4 is 11.8 Å². The van der Waals surface area contributed by atoms with E-state index in [1.165, 1.54) is 5.56 Å². The fourth-order valence-corrected chi connectivity index (χ4v) is 5.65. The zero-order valence-electron chi connectivity index (χ0n) is 19.3. The SMILES string of the molecule is C/C=C/[C@H]1CCCC(=O)[C@]1(C)C(=O)O[C@@H]1C[C@H](C)CC[C@H]1C(C)(C)c1ccccc1. The quantitative estimate of drug-likeness (QED) is 0.327. The number of benzene rings is 1. The Kier molecular flexibility index (Phi) is 6.89. The van der Waals surface area contributed by atoms with E-state index in [2.05, 4.69) is 45.0 Å². The van der Waals surface area contributed by atoms with Crippen molar-refractivity contribution in [3.05, 3.63) is 48.0 Å². The predicted molar refractivity (Wildman–Crippen MR) is 121 cm³/mol. The number of hydrogen-bond acceptors (Lipinski definition) is 3. The third-order valence-corrected chi connectivity index (χ3v) is 7.85. The van der Waals surface area contributed by atoms with E-state index in [1.807, 2.05) is 32.1 Å². The molecule has 0 heterocycles. The zero-order valence-corrected chi connectivity index (χ0v) is 19.3. The van der Waals surface area contributed by atoms with E-state index in [0.29, 0.717) is 12.3 Å². The van der Waals surface area contributed by atoms with Gasteiger partial charge in [-0.3, -0.25) is 9.59 Å². The van der Waals surface area contributed by atoms with E-state index < -0.39 is 5.41 Å². The lowest BCUT2D eigenvalue weighted by atomic mass is 9.64. The van der Waals surface area contributed by atoms with E-state index in [4.69, 9.17) is 4.74 Å². The lowest BCUT2D eigenvalue weighted by Gasteiger charge is -2.45. The van der Waals surface area contributed by atoms with Gasteiger partial charge in [0.25, 0.3) is 0 Å². The lowest BCUT2D eigenvalue weighted by Crippen LogP contribution is -2.50. The van der Waals surface area contributed by atoms with Gasteiger partial charge in [0.15, 0.2) is 5.78 Å². The second-order valence-corrected chi connectivity index (χ2v) is 10.2. The van der Waals surface area contributed by atoms with Crippen LogP contribution < -0.4 is 0 Å². The van der Waals surface area contributed by atoms with E-state index in [1.54, 1.807) is 0 Å². The molecule has 164 valence electrons. The molecular weight excluding hydrogens is 372 g/mol. The second kappa shape index (κ2) is 9.08. The van der Waals surface area contributed by atoms with Crippen molar-refractivity contribution in [2.75, 3.05) is 0 Å². The van der Waals surface area contributed by atoms with Crippen LogP contribution in [-0.2, 0) is 19.7 Å². The molecular formula is C27H38O3. The van der Waals surface area contributed by atoms with Gasteiger partial charge in [-0.05, 0) is 62.3 Å². The van der Waals surface area contributed by atoms with Crippen molar-refractivity contribution in [1.82, 2.24) is 0 Å². The van der Waals surface area contributed by atoms with Crippen LogP contribution in [0.25, 0.3) is 0 Å². The maximum Gasteiger partial charge on any atom is 0.320 e. The Morgan fingerprint density at radius 3 is 2.53 bits per heavy atom. The Morgan fingerprint density at radius 2 is 1.87 bits per heavy atom. The van der Waals surface area contributed by atoms with Gasteiger partial charge in [0.2, 0.25) is 0 Å². The highest BCUT2D eigenvalue weighted by Crippen LogP contribution is 2.46. The Hall–Kier alpha value is -1.90. The number of esters is 1. The molecule has 3 rings (SSSR count). The average Bonchev–Trinajstić information content (AvgIpc) is 2.72. The normalized spacial score (nSPS) is 32.9. The molecule has 1 aromatic carbocycles. The van der Waals surface area contributed by atoms with Gasteiger partial charge in [-0.2, -0.15) is 0 Å². The lowest BCUT2D eigenvalue weighted by molar-refractivity contribution is -0.174. The van der Waals surface area contributed by atoms with Crippen molar-refractivity contribution in [2.45, 2.75) is 84.7 Å². The summed E-state index contributed by atoms with van der Waals surface area (Å²) in [5.74, 6) is 0.403. The van der Waals surface area contributed by atoms with Gasteiger partial charge in [-0.15, -0.1) is 0 Å². The highest BCUT2D eigenvalue weighted by atomic mass is 16.5. The largest absolute Gasteiger partial charge is 0.461 e. The van der Waals surface area contributed by atoms with Crippen molar-refractivity contribution < 1.29 is 14.3 Å². The number of allylic oxidation sites excluding steroid dienone is 2. The molecule has 0 aromatic heterocycles. The molecule has 2 fully saturated rings. The summed E-state index contributed by atoms with van der Waals surface area (Å²) in [7, 11) is 0. The predicted octanol–water partition coefficient (Wildman–Crippen LogP) is 6.26. The molecule has 1 aromatic rings. The molecule has 0 spiro atoms. The molecule has 0 aliphatic heterocycles. The highest BCUT2D eigenvalue weighted by molar-refractivity contribution is 6.04. The maximum atomic E-state index is 13.5. The molecule has 3 heteroatoms. The van der Waals surface area contributed by atoms with Crippen molar-refractivity contribution in [3.63, 3.8) is 0 Å². The minimum atomic E-state index is -1.06. The van der Waals surface area contributed by atoms with Crippen LogP contribution >= 0.6 is 0 Å². The molecule has 30 heavy (non-hydrogen) atoms. The number of ether oxygens (including phenoxy) is 1. The molecule has 0 bridgehead atoms. The summed E-state index contributed by atoms with van der Waals surface area (Å²) in [5.41, 5.74) is 0.108. The monoisotopic (exact) mass is 410 g/mol. The summed E-state index contributed by atoms with van der Waals surface area (Å²) in [5, 5.41) is 0. The summed E-state index contributed by atoms with van der Waals surface area (Å²) in [4.78, 5) is 26.4. The first-order chi connectivity index (χ1) is 14.2. The minimum absolute atomic E-state index is 0.0320. The van der Waals surface area contributed by atoms with Crippen molar-refractivity contribution in [1.29, 1.82) is 0 Å². The van der Waals surface area contributed by atoms with E-state index >= 15 is 0 Å². The van der Waals surface area contributed by atoms with Gasteiger partial charge in [-0.1, -0.05) is 69.7 Å². The van der Waals surface area contributed by atoms with E-state index in [0.717, 1.165) is 32.1 Å². The average molecular weight is 411 g/mol. The summed E-state index contributed by atoms with van der Waals surface area (Å²) in [6.07, 6.45) is 9.05. The second-order valence-electron chi connectivity index (χ2n) is 10.2. The van der Waals surface area contributed by atoms with Crippen LogP contribution in [0.4, 0.5) is 0 Å². The molecule has 0 amide bonds. The van der Waals surface area contributed by atoms with Gasteiger partial charge < -0.3 is 4.74 Å². The molecule has 5 atom stereocenters. The van der Waals surface area contributed by atoms with E-state index in [-0.39, 0.29) is 35.1 Å². The number of ketones is 1. The Balaban J connectivity index is 1.87. The number of hydrogen-bond donors (Lipinski definition) is 0. The summed E-state index contributed by atoms with van der Waals surface area (Å²) in [6, 6.07) is 10.5. The fourth-order valence-electron chi connectivity index (χ4n) is 5.65.